The van der Waals surface area contributed by atoms with Gasteiger partial charge in [-0.15, -0.1) is 11.3 Å². The summed E-state index contributed by atoms with van der Waals surface area (Å²) in [6.07, 6.45) is 2.10. The van der Waals surface area contributed by atoms with Crippen LogP contribution in [0.3, 0.4) is 0 Å². The van der Waals surface area contributed by atoms with Crippen LogP contribution in [0.1, 0.15) is 49.9 Å². The maximum absolute atomic E-state index is 12.7. The van der Waals surface area contributed by atoms with E-state index in [1.807, 2.05) is 0 Å². The van der Waals surface area contributed by atoms with Gasteiger partial charge in [0, 0.05) is 22.6 Å². The smallest absolute Gasteiger partial charge is 0.283 e. The topological polar surface area (TPSA) is 43.6 Å². The van der Waals surface area contributed by atoms with E-state index in [2.05, 4.69) is 50.4 Å². The number of thiazole rings is 1. The van der Waals surface area contributed by atoms with E-state index in [4.69, 9.17) is 16.3 Å². The van der Waals surface area contributed by atoms with E-state index in [9.17, 15) is 4.79 Å². The molecular formula is C19H25ClN2O2S. The average Bonchev–Trinajstić information content (AvgIpc) is 2.89. The van der Waals surface area contributed by atoms with Crippen LogP contribution in [0.5, 0.6) is 5.75 Å². The predicted molar refractivity (Wildman–Crippen MR) is 104 cm³/mol. The fourth-order valence-electron chi connectivity index (χ4n) is 2.33. The Morgan fingerprint density at radius 3 is 2.60 bits per heavy atom. The average molecular weight is 381 g/mol. The highest BCUT2D eigenvalue weighted by Crippen LogP contribution is 2.26. The number of ether oxygens (including phenoxy) is 1. The molecule has 0 aliphatic rings. The molecule has 6 heteroatoms. The Kier molecular flexibility index (Phi) is 6.12. The maximum atomic E-state index is 12.7. The van der Waals surface area contributed by atoms with E-state index in [1.54, 1.807) is 29.5 Å². The lowest BCUT2D eigenvalue weighted by atomic mass is 9.95. The van der Waals surface area contributed by atoms with Crippen LogP contribution >= 0.6 is 22.9 Å². The summed E-state index contributed by atoms with van der Waals surface area (Å²) >= 11 is 7.58. The van der Waals surface area contributed by atoms with Gasteiger partial charge in [0.2, 0.25) is 0 Å². The first kappa shape index (κ1) is 19.7. The van der Waals surface area contributed by atoms with E-state index in [0.717, 1.165) is 6.54 Å². The van der Waals surface area contributed by atoms with E-state index in [-0.39, 0.29) is 11.3 Å². The minimum Gasteiger partial charge on any atom is -0.496 e. The van der Waals surface area contributed by atoms with Gasteiger partial charge in [0.05, 0.1) is 12.7 Å². The van der Waals surface area contributed by atoms with Gasteiger partial charge in [0.1, 0.15) is 5.75 Å². The molecule has 0 saturated carbocycles. The minimum atomic E-state index is -0.348. The summed E-state index contributed by atoms with van der Waals surface area (Å²) in [5.41, 5.74) is 0.380. The van der Waals surface area contributed by atoms with E-state index >= 15 is 0 Å². The summed E-state index contributed by atoms with van der Waals surface area (Å²) in [6.45, 7) is 11.6. The van der Waals surface area contributed by atoms with Gasteiger partial charge in [-0.2, -0.15) is 4.99 Å². The van der Waals surface area contributed by atoms with Gasteiger partial charge < -0.3 is 9.30 Å². The van der Waals surface area contributed by atoms with Crippen LogP contribution in [0.2, 0.25) is 5.02 Å². The molecule has 1 aromatic heterocycles. The second kappa shape index (κ2) is 7.75. The van der Waals surface area contributed by atoms with Crippen LogP contribution in [-0.2, 0) is 12.0 Å². The van der Waals surface area contributed by atoms with Gasteiger partial charge in [0.15, 0.2) is 4.80 Å². The van der Waals surface area contributed by atoms with Crippen molar-refractivity contribution in [1.82, 2.24) is 4.57 Å². The molecule has 2 rings (SSSR count). The normalized spacial score (nSPS) is 12.7. The van der Waals surface area contributed by atoms with E-state index < -0.39 is 0 Å². The molecule has 0 bridgehead atoms. The predicted octanol–water partition coefficient (Wildman–Crippen LogP) is 4.91. The third kappa shape index (κ3) is 4.95. The Labute approximate surface area is 158 Å². The number of carbonyl (C=O) groups excluding carboxylic acids is 1. The number of carbonyl (C=O) groups is 1. The molecule has 4 nitrogen and oxygen atoms in total. The molecule has 25 heavy (non-hydrogen) atoms. The van der Waals surface area contributed by atoms with Gasteiger partial charge in [-0.1, -0.05) is 46.2 Å². The third-order valence-corrected chi connectivity index (χ3v) is 5.29. The molecule has 0 radical (unpaired) electrons. The van der Waals surface area contributed by atoms with Crippen molar-refractivity contribution in [1.29, 1.82) is 0 Å². The number of methoxy groups -OCH3 is 1. The Morgan fingerprint density at radius 2 is 2.04 bits per heavy atom. The molecule has 1 aromatic carbocycles. The molecule has 1 heterocycles. The maximum Gasteiger partial charge on any atom is 0.283 e. The van der Waals surface area contributed by atoms with Gasteiger partial charge in [0.25, 0.3) is 5.91 Å². The SMILES string of the molecule is COc1ccc(Cl)cc1C(=O)N=c1sc(C(C)(C)C)cn1CC(C)C. The molecular weight excluding hydrogens is 356 g/mol. The minimum absolute atomic E-state index is 0.00790. The van der Waals surface area contributed by atoms with Crippen LogP contribution < -0.4 is 9.54 Å². The van der Waals surface area contributed by atoms with Crippen molar-refractivity contribution in [2.24, 2.45) is 10.9 Å². The molecule has 0 atom stereocenters. The molecule has 0 aliphatic heterocycles. The largest absolute Gasteiger partial charge is 0.496 e. The molecule has 2 aromatic rings. The Balaban J connectivity index is 2.54. The second-order valence-corrected chi connectivity index (χ2v) is 8.88. The Morgan fingerprint density at radius 1 is 1.36 bits per heavy atom. The zero-order valence-corrected chi connectivity index (χ0v) is 17.2. The summed E-state index contributed by atoms with van der Waals surface area (Å²) in [5.74, 6) is 0.581. The van der Waals surface area contributed by atoms with Gasteiger partial charge in [-0.05, 0) is 29.5 Å². The van der Waals surface area contributed by atoms with Crippen molar-refractivity contribution in [3.63, 3.8) is 0 Å². The molecule has 1 amide bonds. The summed E-state index contributed by atoms with van der Waals surface area (Å²) in [7, 11) is 1.53. The molecule has 0 fully saturated rings. The van der Waals surface area contributed by atoms with Crippen molar-refractivity contribution in [3.05, 3.63) is 44.7 Å². The molecule has 0 saturated heterocycles. The molecule has 136 valence electrons. The molecule has 0 N–H and O–H groups in total. The van der Waals surface area contributed by atoms with Crippen LogP contribution in [0.4, 0.5) is 0 Å². The first-order valence-electron chi connectivity index (χ1n) is 8.25. The van der Waals surface area contributed by atoms with Crippen molar-refractivity contribution in [3.8, 4) is 5.75 Å². The lowest BCUT2D eigenvalue weighted by molar-refractivity contribution is 0.0994. The number of hydrogen-bond donors (Lipinski definition) is 0. The number of aromatic nitrogens is 1. The number of nitrogens with zero attached hydrogens (tertiary/aromatic N) is 2. The lowest BCUT2D eigenvalue weighted by Crippen LogP contribution is -2.19. The monoisotopic (exact) mass is 380 g/mol. The highest BCUT2D eigenvalue weighted by Gasteiger charge is 2.19. The summed E-state index contributed by atoms with van der Waals surface area (Å²) < 4.78 is 7.33. The van der Waals surface area contributed by atoms with E-state index in [0.29, 0.717) is 27.1 Å². The zero-order chi connectivity index (χ0) is 18.8. The van der Waals surface area contributed by atoms with Gasteiger partial charge >= 0.3 is 0 Å². The summed E-state index contributed by atoms with van der Waals surface area (Å²) in [6, 6.07) is 4.97. The zero-order valence-electron chi connectivity index (χ0n) is 15.6. The van der Waals surface area contributed by atoms with Gasteiger partial charge in [-0.25, -0.2) is 0 Å². The van der Waals surface area contributed by atoms with Crippen LogP contribution in [0.15, 0.2) is 29.4 Å². The Hall–Kier alpha value is -1.59. The van der Waals surface area contributed by atoms with Crippen molar-refractivity contribution < 1.29 is 9.53 Å². The third-order valence-electron chi connectivity index (χ3n) is 3.61. The summed E-state index contributed by atoms with van der Waals surface area (Å²) in [5, 5.41) is 0.482. The highest BCUT2D eigenvalue weighted by atomic mass is 35.5. The number of benzene rings is 1. The number of hydrogen-bond acceptors (Lipinski definition) is 3. The number of rotatable bonds is 4. The van der Waals surface area contributed by atoms with Crippen molar-refractivity contribution in [2.75, 3.05) is 7.11 Å². The fourth-order valence-corrected chi connectivity index (χ4v) is 3.56. The Bertz CT molecular complexity index is 829. The number of halogens is 1. The standard InChI is InChI=1S/C19H25ClN2O2S/c1-12(2)10-22-11-16(19(3,4)5)25-18(22)21-17(23)14-9-13(20)7-8-15(14)24-6/h7-9,11-12H,10H2,1-6H3. The number of amides is 1. The van der Waals surface area contributed by atoms with Crippen LogP contribution in [0.25, 0.3) is 0 Å². The second-order valence-electron chi connectivity index (χ2n) is 7.44. The van der Waals surface area contributed by atoms with Crippen LogP contribution in [-0.4, -0.2) is 17.6 Å². The quantitative estimate of drug-likeness (QED) is 0.756. The first-order valence-corrected chi connectivity index (χ1v) is 9.44. The fraction of sp³-hybridized carbons (Fsp3) is 0.474. The molecule has 0 unspecified atom stereocenters. The van der Waals surface area contributed by atoms with Crippen LogP contribution in [0, 0.1) is 5.92 Å². The lowest BCUT2D eigenvalue weighted by Gasteiger charge is -2.14. The highest BCUT2D eigenvalue weighted by molar-refractivity contribution is 7.09. The van der Waals surface area contributed by atoms with Crippen molar-refractivity contribution >= 4 is 28.8 Å². The first-order chi connectivity index (χ1) is 11.6. The molecule has 0 aliphatic carbocycles. The van der Waals surface area contributed by atoms with E-state index in [1.165, 1.54) is 12.0 Å². The summed E-state index contributed by atoms with van der Waals surface area (Å²) in [4.78, 5) is 19.0. The van der Waals surface area contributed by atoms with Crippen molar-refractivity contribution in [2.45, 2.75) is 46.6 Å². The van der Waals surface area contributed by atoms with Gasteiger partial charge in [-0.3, -0.25) is 4.79 Å². The molecule has 0 spiro atoms.